The highest BCUT2D eigenvalue weighted by Gasteiger charge is 2.05. The van der Waals surface area contributed by atoms with Gasteiger partial charge in [0.05, 0.1) is 0 Å². The Kier molecular flexibility index (Phi) is 5.37. The maximum Gasteiger partial charge on any atom is 0.123 e. The second-order valence-electron chi connectivity index (χ2n) is 4.95. The highest BCUT2D eigenvalue weighted by atomic mass is 35.5. The summed E-state index contributed by atoms with van der Waals surface area (Å²) in [5.74, 6) is 0.208. The molecule has 0 aliphatic carbocycles. The molecule has 0 amide bonds. The molecule has 0 fully saturated rings. The quantitative estimate of drug-likeness (QED) is 0.889. The van der Waals surface area contributed by atoms with Crippen molar-refractivity contribution in [1.82, 2.24) is 0 Å². The van der Waals surface area contributed by atoms with Crippen LogP contribution in [0.4, 0.5) is 10.1 Å². The molecule has 0 spiro atoms. The predicted molar refractivity (Wildman–Crippen MR) is 87.7 cm³/mol. The fourth-order valence-electron chi connectivity index (χ4n) is 2.07. The van der Waals surface area contributed by atoms with Crippen molar-refractivity contribution in [2.45, 2.75) is 19.2 Å². The number of aryl methyl sites for hydroxylation is 1. The van der Waals surface area contributed by atoms with Crippen molar-refractivity contribution in [1.29, 1.82) is 0 Å². The summed E-state index contributed by atoms with van der Waals surface area (Å²) in [6.07, 6.45) is 1.65. The Bertz CT molecular complexity index is 675. The number of halogens is 2. The molecule has 2 nitrogen and oxygen atoms in total. The van der Waals surface area contributed by atoms with Crippen molar-refractivity contribution in [3.05, 3.63) is 63.9 Å². The van der Waals surface area contributed by atoms with Crippen LogP contribution in [0.2, 0.25) is 5.02 Å². The van der Waals surface area contributed by atoms with Gasteiger partial charge in [0.15, 0.2) is 0 Å². The molecule has 21 heavy (non-hydrogen) atoms. The number of hydrogen-bond donors (Lipinski definition) is 1. The van der Waals surface area contributed by atoms with Gasteiger partial charge in [0.25, 0.3) is 0 Å². The third kappa shape index (κ3) is 4.55. The minimum Gasteiger partial charge on any atom is -0.381 e. The van der Waals surface area contributed by atoms with E-state index < -0.39 is 10.8 Å². The van der Waals surface area contributed by atoms with Gasteiger partial charge in [-0.2, -0.15) is 0 Å². The van der Waals surface area contributed by atoms with Crippen molar-refractivity contribution in [2.24, 2.45) is 0 Å². The van der Waals surface area contributed by atoms with Crippen molar-refractivity contribution in [3.8, 4) is 0 Å². The van der Waals surface area contributed by atoms with E-state index in [-0.39, 0.29) is 5.82 Å². The van der Waals surface area contributed by atoms with E-state index in [0.29, 0.717) is 17.3 Å². The highest BCUT2D eigenvalue weighted by Crippen LogP contribution is 2.22. The van der Waals surface area contributed by atoms with E-state index >= 15 is 0 Å². The molecule has 1 N–H and O–H groups in total. The van der Waals surface area contributed by atoms with E-state index in [0.717, 1.165) is 22.4 Å². The Morgan fingerprint density at radius 1 is 1.19 bits per heavy atom. The Labute approximate surface area is 131 Å². The molecule has 0 aromatic heterocycles. The average molecular weight is 326 g/mol. The van der Waals surface area contributed by atoms with Crippen LogP contribution in [0, 0.1) is 12.7 Å². The molecular weight excluding hydrogens is 309 g/mol. The smallest absolute Gasteiger partial charge is 0.123 e. The van der Waals surface area contributed by atoms with Gasteiger partial charge >= 0.3 is 0 Å². The Balaban J connectivity index is 2.11. The van der Waals surface area contributed by atoms with Gasteiger partial charge in [-0.3, -0.25) is 4.21 Å². The monoisotopic (exact) mass is 325 g/mol. The third-order valence-corrected chi connectivity index (χ3v) is 4.28. The van der Waals surface area contributed by atoms with Gasteiger partial charge in [-0.1, -0.05) is 17.7 Å². The summed E-state index contributed by atoms with van der Waals surface area (Å²) in [7, 11) is -0.935. The molecule has 0 saturated heterocycles. The second kappa shape index (κ2) is 7.05. The molecule has 0 aliphatic rings. The fourth-order valence-corrected chi connectivity index (χ4v) is 3.01. The summed E-state index contributed by atoms with van der Waals surface area (Å²) in [5.41, 5.74) is 3.71. The SMILES string of the molecule is Cc1cc(F)ccc1CNc1ccc(Cl)c(CS(C)=O)c1. The normalized spacial score (nSPS) is 12.2. The first-order valence-electron chi connectivity index (χ1n) is 6.53. The van der Waals surface area contributed by atoms with Crippen LogP contribution in [0.1, 0.15) is 16.7 Å². The lowest BCUT2D eigenvalue weighted by atomic mass is 10.1. The molecule has 112 valence electrons. The standard InChI is InChI=1S/C16H17ClFNOS/c1-11-7-14(18)4-3-12(11)9-19-15-5-6-16(17)13(8-15)10-21(2)20/h3-8,19H,9-10H2,1-2H3. The van der Waals surface area contributed by atoms with Gasteiger partial charge in [-0.25, -0.2) is 4.39 Å². The van der Waals surface area contributed by atoms with E-state index in [1.807, 2.05) is 19.1 Å². The van der Waals surface area contributed by atoms with Crippen molar-refractivity contribution >= 4 is 28.1 Å². The van der Waals surface area contributed by atoms with Crippen molar-refractivity contribution in [2.75, 3.05) is 11.6 Å². The minimum atomic E-state index is -0.935. The van der Waals surface area contributed by atoms with Gasteiger partial charge in [0, 0.05) is 40.1 Å². The molecular formula is C16H17ClFNOS. The molecule has 2 rings (SSSR count). The van der Waals surface area contributed by atoms with Crippen molar-refractivity contribution < 1.29 is 8.60 Å². The van der Waals surface area contributed by atoms with E-state index in [4.69, 9.17) is 11.6 Å². The second-order valence-corrected chi connectivity index (χ2v) is 6.79. The lowest BCUT2D eigenvalue weighted by Gasteiger charge is -2.11. The van der Waals surface area contributed by atoms with Gasteiger partial charge in [0.1, 0.15) is 5.82 Å². The zero-order valence-corrected chi connectivity index (χ0v) is 13.5. The summed E-state index contributed by atoms with van der Waals surface area (Å²) in [4.78, 5) is 0. The maximum atomic E-state index is 13.1. The molecule has 2 aromatic carbocycles. The number of hydrogen-bond acceptors (Lipinski definition) is 2. The molecule has 2 aromatic rings. The van der Waals surface area contributed by atoms with Gasteiger partial charge in [-0.05, 0) is 53.9 Å². The number of nitrogens with one attached hydrogen (secondary N) is 1. The van der Waals surface area contributed by atoms with Gasteiger partial charge in [0.2, 0.25) is 0 Å². The summed E-state index contributed by atoms with van der Waals surface area (Å²) in [6, 6.07) is 10.3. The third-order valence-electron chi connectivity index (χ3n) is 3.19. The number of anilines is 1. The molecule has 1 unspecified atom stereocenters. The largest absolute Gasteiger partial charge is 0.381 e. The topological polar surface area (TPSA) is 29.1 Å². The highest BCUT2D eigenvalue weighted by molar-refractivity contribution is 7.83. The molecule has 0 saturated carbocycles. The molecule has 0 heterocycles. The number of rotatable bonds is 5. The van der Waals surface area contributed by atoms with E-state index in [1.165, 1.54) is 12.1 Å². The lowest BCUT2D eigenvalue weighted by molar-refractivity contribution is 0.625. The summed E-state index contributed by atoms with van der Waals surface area (Å²) < 4.78 is 24.4. The Morgan fingerprint density at radius 2 is 1.95 bits per heavy atom. The predicted octanol–water partition coefficient (Wildman–Crippen LogP) is 4.28. The van der Waals surface area contributed by atoms with Gasteiger partial charge in [-0.15, -0.1) is 0 Å². The van der Waals surface area contributed by atoms with Crippen molar-refractivity contribution in [3.63, 3.8) is 0 Å². The summed E-state index contributed by atoms with van der Waals surface area (Å²) >= 11 is 6.10. The Hall–Kier alpha value is -1.39. The van der Waals surface area contributed by atoms with Gasteiger partial charge < -0.3 is 5.32 Å². The van der Waals surface area contributed by atoms with Crippen LogP contribution in [0.25, 0.3) is 0 Å². The number of benzene rings is 2. The first-order chi connectivity index (χ1) is 9.95. The summed E-state index contributed by atoms with van der Waals surface area (Å²) in [5, 5.41) is 3.90. The van der Waals surface area contributed by atoms with Crippen LogP contribution in [0.3, 0.4) is 0 Å². The lowest BCUT2D eigenvalue weighted by Crippen LogP contribution is -2.03. The van der Waals surface area contributed by atoms with Crippen LogP contribution in [-0.2, 0) is 23.1 Å². The van der Waals surface area contributed by atoms with Crippen LogP contribution in [0.15, 0.2) is 36.4 Å². The fraction of sp³-hybridized carbons (Fsp3) is 0.250. The first kappa shape index (κ1) is 16.0. The van der Waals surface area contributed by atoms with Crippen LogP contribution in [0.5, 0.6) is 0 Å². The molecule has 0 radical (unpaired) electrons. The average Bonchev–Trinajstić information content (AvgIpc) is 2.40. The minimum absolute atomic E-state index is 0.226. The molecule has 0 aliphatic heterocycles. The van der Waals surface area contributed by atoms with Crippen LogP contribution >= 0.6 is 11.6 Å². The maximum absolute atomic E-state index is 13.1. The Morgan fingerprint density at radius 3 is 2.62 bits per heavy atom. The van der Waals surface area contributed by atoms with Crippen LogP contribution < -0.4 is 5.32 Å². The van der Waals surface area contributed by atoms with E-state index in [9.17, 15) is 8.60 Å². The first-order valence-corrected chi connectivity index (χ1v) is 8.63. The van der Waals surface area contributed by atoms with E-state index in [1.54, 1.807) is 18.4 Å². The zero-order valence-electron chi connectivity index (χ0n) is 12.0. The van der Waals surface area contributed by atoms with E-state index in [2.05, 4.69) is 5.32 Å². The molecule has 5 heteroatoms. The summed E-state index contributed by atoms with van der Waals surface area (Å²) in [6.45, 7) is 2.48. The molecule has 0 bridgehead atoms. The molecule has 1 atom stereocenters. The zero-order chi connectivity index (χ0) is 15.4. The van der Waals surface area contributed by atoms with Crippen LogP contribution in [-0.4, -0.2) is 10.5 Å².